The standard InChI is InChI=1S/C60H82O10S2/c1-33(2)44-26-47(35(5)6)56(48(27-44)36(7)8)59(61)69-54-32-51(55(25-40(54)14)72(66,67)68)39(13)24-41-20-22-43(23-21-41)53-31-46(71(63,64)65)30-52(42-18-16-15-17-19-42)58(53)70-60(62)57-49(37(9)10)28-45(34(3)4)29-50(57)38(11)12/h25-39,41-43H,15-24H2,1-14H3,(H,63,64,65)(H,66,67,68). The third-order valence-electron chi connectivity index (χ3n) is 15.6. The fourth-order valence-electron chi connectivity index (χ4n) is 11.3. The van der Waals surface area contributed by atoms with E-state index in [9.17, 15) is 35.5 Å². The maximum absolute atomic E-state index is 14.9. The van der Waals surface area contributed by atoms with E-state index >= 15 is 0 Å². The number of rotatable bonds is 17. The van der Waals surface area contributed by atoms with Gasteiger partial charge in [-0.05, 0) is 191 Å². The number of ether oxygens (including phenoxy) is 2. The molecular formula is C60H82O10S2. The second kappa shape index (κ2) is 23.0. The summed E-state index contributed by atoms with van der Waals surface area (Å²) in [4.78, 5) is 28.8. The van der Waals surface area contributed by atoms with Crippen LogP contribution in [0.3, 0.4) is 0 Å². The summed E-state index contributed by atoms with van der Waals surface area (Å²) in [6.07, 6.45) is 7.74. The Bertz CT molecular complexity index is 2800. The molecule has 0 aliphatic heterocycles. The molecule has 2 N–H and O–H groups in total. The molecule has 0 spiro atoms. The molecule has 10 nitrogen and oxygen atoms in total. The smallest absolute Gasteiger partial charge is 0.344 e. The maximum Gasteiger partial charge on any atom is 0.344 e. The molecule has 2 aliphatic carbocycles. The largest absolute Gasteiger partial charge is 0.423 e. The number of aryl methyl sites for hydroxylation is 1. The molecule has 2 saturated carbocycles. The van der Waals surface area contributed by atoms with Crippen LogP contribution in [0.15, 0.2) is 58.3 Å². The monoisotopic (exact) mass is 1030 g/mol. The molecule has 72 heavy (non-hydrogen) atoms. The molecule has 0 heterocycles. The van der Waals surface area contributed by atoms with Gasteiger partial charge in [0, 0.05) is 0 Å². The van der Waals surface area contributed by atoms with Crippen molar-refractivity contribution in [3.8, 4) is 11.5 Å². The Morgan fingerprint density at radius 3 is 1.32 bits per heavy atom. The van der Waals surface area contributed by atoms with Crippen LogP contribution in [0.1, 0.15) is 284 Å². The third-order valence-corrected chi connectivity index (χ3v) is 17.4. The van der Waals surface area contributed by atoms with Crippen molar-refractivity contribution in [2.45, 2.75) is 224 Å². The minimum absolute atomic E-state index is 0.0269. The van der Waals surface area contributed by atoms with Gasteiger partial charge < -0.3 is 9.47 Å². The molecule has 1 unspecified atom stereocenters. The van der Waals surface area contributed by atoms with Gasteiger partial charge in [0.1, 0.15) is 11.5 Å². The van der Waals surface area contributed by atoms with Crippen LogP contribution in [0.2, 0.25) is 0 Å². The summed E-state index contributed by atoms with van der Waals surface area (Å²) in [6, 6.07) is 14.4. The summed E-state index contributed by atoms with van der Waals surface area (Å²) >= 11 is 0. The number of hydrogen-bond donors (Lipinski definition) is 2. The molecule has 0 amide bonds. The zero-order valence-corrected chi connectivity index (χ0v) is 47.1. The lowest BCUT2D eigenvalue weighted by Gasteiger charge is -2.33. The van der Waals surface area contributed by atoms with Gasteiger partial charge in [-0.2, -0.15) is 16.8 Å². The Balaban J connectivity index is 1.34. The lowest BCUT2D eigenvalue weighted by atomic mass is 9.74. The number of carbonyl (C=O) groups excluding carboxylic acids is 2. The molecule has 4 aromatic carbocycles. The average Bonchev–Trinajstić information content (AvgIpc) is 3.30. The van der Waals surface area contributed by atoms with E-state index in [1.54, 1.807) is 13.0 Å². The van der Waals surface area contributed by atoms with Crippen LogP contribution in [0.5, 0.6) is 11.5 Å². The third kappa shape index (κ3) is 12.9. The van der Waals surface area contributed by atoms with E-state index in [0.29, 0.717) is 71.2 Å². The summed E-state index contributed by atoms with van der Waals surface area (Å²) < 4.78 is 86.2. The molecule has 6 rings (SSSR count). The molecule has 0 bridgehead atoms. The topological polar surface area (TPSA) is 161 Å². The van der Waals surface area contributed by atoms with Gasteiger partial charge in [-0.25, -0.2) is 9.59 Å². The van der Waals surface area contributed by atoms with E-state index in [-0.39, 0.29) is 74.7 Å². The van der Waals surface area contributed by atoms with Crippen LogP contribution >= 0.6 is 0 Å². The normalized spacial score (nSPS) is 17.7. The Morgan fingerprint density at radius 2 is 0.931 bits per heavy atom. The highest BCUT2D eigenvalue weighted by Crippen LogP contribution is 2.49. The zero-order chi connectivity index (χ0) is 53.3. The van der Waals surface area contributed by atoms with Crippen LogP contribution in [0.4, 0.5) is 0 Å². The van der Waals surface area contributed by atoms with Crippen LogP contribution < -0.4 is 9.47 Å². The first-order chi connectivity index (χ1) is 33.6. The van der Waals surface area contributed by atoms with Crippen LogP contribution in [0, 0.1) is 12.8 Å². The number of esters is 2. The Hall–Kier alpha value is -4.36. The highest BCUT2D eigenvalue weighted by molar-refractivity contribution is 7.86. The van der Waals surface area contributed by atoms with Gasteiger partial charge in [0.15, 0.2) is 0 Å². The minimum Gasteiger partial charge on any atom is -0.423 e. The van der Waals surface area contributed by atoms with Crippen molar-refractivity contribution in [2.24, 2.45) is 5.92 Å². The Morgan fingerprint density at radius 1 is 0.514 bits per heavy atom. The van der Waals surface area contributed by atoms with E-state index < -0.39 is 32.2 Å². The molecule has 1 atom stereocenters. The summed E-state index contributed by atoms with van der Waals surface area (Å²) in [6.45, 7) is 28.6. The summed E-state index contributed by atoms with van der Waals surface area (Å²) in [5.41, 5.74) is 8.94. The van der Waals surface area contributed by atoms with Gasteiger partial charge in [0.25, 0.3) is 20.2 Å². The predicted octanol–water partition coefficient (Wildman–Crippen LogP) is 16.2. The van der Waals surface area contributed by atoms with E-state index in [0.717, 1.165) is 65.5 Å². The van der Waals surface area contributed by atoms with Gasteiger partial charge in [-0.15, -0.1) is 0 Å². The number of benzene rings is 4. The number of carbonyl (C=O) groups is 2. The first kappa shape index (κ1) is 56.9. The van der Waals surface area contributed by atoms with Crippen LogP contribution in [-0.2, 0) is 20.2 Å². The van der Waals surface area contributed by atoms with Crippen molar-refractivity contribution in [1.29, 1.82) is 0 Å². The van der Waals surface area contributed by atoms with E-state index in [4.69, 9.17) is 9.47 Å². The molecule has 394 valence electrons. The SMILES string of the molecule is Cc1cc(S(=O)(=O)O)c(C(C)CC2CCC(c3cc(S(=O)(=O)O)cc(C4CCCCC4)c3OC(=O)c3c(C(C)C)cc(C(C)C)cc3C(C)C)CC2)cc1OC(=O)c1c(C(C)C)cc(C(C)C)cc1C(C)C. The molecule has 2 fully saturated rings. The van der Waals surface area contributed by atoms with Crippen molar-refractivity contribution in [3.63, 3.8) is 0 Å². The summed E-state index contributed by atoms with van der Waals surface area (Å²) in [5.74, 6) is -0.286. The van der Waals surface area contributed by atoms with Gasteiger partial charge in [-0.1, -0.05) is 134 Å². The van der Waals surface area contributed by atoms with Crippen molar-refractivity contribution in [1.82, 2.24) is 0 Å². The van der Waals surface area contributed by atoms with Crippen LogP contribution in [-0.4, -0.2) is 37.9 Å². The lowest BCUT2D eigenvalue weighted by Crippen LogP contribution is -2.22. The van der Waals surface area contributed by atoms with Crippen molar-refractivity contribution in [3.05, 3.63) is 115 Å². The van der Waals surface area contributed by atoms with Gasteiger partial charge in [0.2, 0.25) is 0 Å². The maximum atomic E-state index is 14.9. The van der Waals surface area contributed by atoms with E-state index in [2.05, 4.69) is 107 Å². The first-order valence-corrected chi connectivity index (χ1v) is 29.5. The fourth-order valence-corrected chi connectivity index (χ4v) is 12.8. The minimum atomic E-state index is -4.67. The second-order valence-corrected chi connectivity index (χ2v) is 25.9. The van der Waals surface area contributed by atoms with Crippen molar-refractivity contribution >= 4 is 32.2 Å². The number of hydrogen-bond acceptors (Lipinski definition) is 8. The van der Waals surface area contributed by atoms with Crippen molar-refractivity contribution < 1.29 is 45.0 Å². The average molecular weight is 1030 g/mol. The van der Waals surface area contributed by atoms with E-state index in [1.165, 1.54) is 18.2 Å². The van der Waals surface area contributed by atoms with Crippen molar-refractivity contribution in [2.75, 3.05) is 0 Å². The predicted molar refractivity (Wildman–Crippen MR) is 288 cm³/mol. The first-order valence-electron chi connectivity index (χ1n) is 26.7. The summed E-state index contributed by atoms with van der Waals surface area (Å²) in [5, 5.41) is 0. The quantitative estimate of drug-likeness (QED) is 0.0592. The van der Waals surface area contributed by atoms with Gasteiger partial charge in [-0.3, -0.25) is 9.11 Å². The highest BCUT2D eigenvalue weighted by atomic mass is 32.2. The second-order valence-electron chi connectivity index (χ2n) is 23.1. The van der Waals surface area contributed by atoms with Crippen LogP contribution in [0.25, 0.3) is 0 Å². The lowest BCUT2D eigenvalue weighted by molar-refractivity contribution is 0.0718. The highest BCUT2D eigenvalue weighted by Gasteiger charge is 2.35. The molecule has 0 saturated heterocycles. The molecular weight excluding hydrogens is 945 g/mol. The molecule has 0 radical (unpaired) electrons. The molecule has 4 aromatic rings. The van der Waals surface area contributed by atoms with Gasteiger partial charge >= 0.3 is 11.9 Å². The zero-order valence-electron chi connectivity index (χ0n) is 45.4. The van der Waals surface area contributed by atoms with Gasteiger partial charge in [0.05, 0.1) is 20.9 Å². The molecule has 2 aliphatic rings. The Labute approximate surface area is 432 Å². The fraction of sp³-hybridized carbons (Fsp3) is 0.567. The molecule has 12 heteroatoms. The molecule has 0 aromatic heterocycles. The summed E-state index contributed by atoms with van der Waals surface area (Å²) in [7, 11) is -9.30. The Kier molecular flexibility index (Phi) is 18.2. The van der Waals surface area contributed by atoms with E-state index in [1.807, 2.05) is 6.92 Å².